The first-order valence-electron chi connectivity index (χ1n) is 9.24. The van der Waals surface area contributed by atoms with E-state index in [1.165, 1.54) is 31.8 Å². The highest BCUT2D eigenvalue weighted by molar-refractivity contribution is 5.86. The SMILES string of the molecule is C=CC(=O)OCCCCCC.CCC=C(CCCCCC)C(=O)O. The van der Waals surface area contributed by atoms with Crippen LogP contribution in [0.4, 0.5) is 0 Å². The number of ether oxygens (including phenoxy) is 1. The van der Waals surface area contributed by atoms with Crippen molar-refractivity contribution in [1.82, 2.24) is 0 Å². The van der Waals surface area contributed by atoms with Gasteiger partial charge in [-0.1, -0.05) is 72.0 Å². The van der Waals surface area contributed by atoms with Gasteiger partial charge in [-0.25, -0.2) is 9.59 Å². The third-order valence-corrected chi connectivity index (χ3v) is 3.43. The smallest absolute Gasteiger partial charge is 0.331 e. The summed E-state index contributed by atoms with van der Waals surface area (Å²) in [5.74, 6) is -1.07. The average molecular weight is 341 g/mol. The molecule has 0 radical (unpaired) electrons. The summed E-state index contributed by atoms with van der Waals surface area (Å²) in [5.41, 5.74) is 0.582. The van der Waals surface area contributed by atoms with Crippen molar-refractivity contribution in [3.05, 3.63) is 24.3 Å². The summed E-state index contributed by atoms with van der Waals surface area (Å²) in [6, 6.07) is 0. The Labute approximate surface area is 148 Å². The van der Waals surface area contributed by atoms with Crippen LogP contribution >= 0.6 is 0 Å². The molecule has 0 aromatic carbocycles. The Morgan fingerprint density at radius 2 is 1.54 bits per heavy atom. The van der Waals surface area contributed by atoms with E-state index in [2.05, 4.69) is 20.4 Å². The molecule has 0 atom stereocenters. The standard InChI is InChI=1S/C11H20O2.C9H16O2/c1-3-5-6-7-9-10(8-4-2)11(12)13;1-3-5-6-7-8-11-9(10)4-2/h8H,3-7,9H2,1-2H3,(H,12,13);4H,2-3,5-8H2,1H3. The van der Waals surface area contributed by atoms with Crippen LogP contribution in [0.25, 0.3) is 0 Å². The molecule has 0 aromatic rings. The zero-order valence-corrected chi connectivity index (χ0v) is 15.8. The van der Waals surface area contributed by atoms with Gasteiger partial charge in [0.15, 0.2) is 0 Å². The van der Waals surface area contributed by atoms with E-state index in [4.69, 9.17) is 9.84 Å². The van der Waals surface area contributed by atoms with Gasteiger partial charge in [0.05, 0.1) is 6.61 Å². The summed E-state index contributed by atoms with van der Waals surface area (Å²) < 4.78 is 4.78. The average Bonchev–Trinajstić information content (AvgIpc) is 2.57. The van der Waals surface area contributed by atoms with E-state index >= 15 is 0 Å². The monoisotopic (exact) mass is 340 g/mol. The van der Waals surface area contributed by atoms with E-state index in [9.17, 15) is 9.59 Å². The Balaban J connectivity index is 0. The number of aliphatic carboxylic acids is 1. The number of hydrogen-bond acceptors (Lipinski definition) is 3. The fourth-order valence-corrected chi connectivity index (χ4v) is 2.05. The molecule has 0 aliphatic heterocycles. The fraction of sp³-hybridized carbons (Fsp3) is 0.700. The first-order valence-corrected chi connectivity index (χ1v) is 9.24. The number of carboxylic acids is 1. The van der Waals surface area contributed by atoms with Gasteiger partial charge in [0, 0.05) is 11.6 Å². The topological polar surface area (TPSA) is 63.6 Å². The number of hydrogen-bond donors (Lipinski definition) is 1. The maximum absolute atomic E-state index is 10.7. The minimum atomic E-state index is -0.752. The van der Waals surface area contributed by atoms with Crippen LogP contribution in [-0.2, 0) is 14.3 Å². The van der Waals surface area contributed by atoms with Crippen LogP contribution in [0, 0.1) is 0 Å². The third kappa shape index (κ3) is 18.5. The van der Waals surface area contributed by atoms with Gasteiger partial charge in [-0.15, -0.1) is 0 Å². The maximum Gasteiger partial charge on any atom is 0.331 e. The Kier molecular flexibility index (Phi) is 20.0. The molecule has 0 spiro atoms. The van der Waals surface area contributed by atoms with Crippen molar-refractivity contribution in [2.75, 3.05) is 6.61 Å². The molecule has 4 nitrogen and oxygen atoms in total. The van der Waals surface area contributed by atoms with Gasteiger partial charge in [-0.3, -0.25) is 0 Å². The van der Waals surface area contributed by atoms with E-state index in [1.54, 1.807) is 0 Å². The summed E-state index contributed by atoms with van der Waals surface area (Å²) in [4.78, 5) is 21.2. The number of esters is 1. The quantitative estimate of drug-likeness (QED) is 0.266. The zero-order chi connectivity index (χ0) is 18.6. The van der Waals surface area contributed by atoms with Crippen LogP contribution in [0.2, 0.25) is 0 Å². The maximum atomic E-state index is 10.7. The van der Waals surface area contributed by atoms with Gasteiger partial charge in [-0.05, 0) is 25.7 Å². The lowest BCUT2D eigenvalue weighted by Crippen LogP contribution is -2.01. The molecule has 140 valence electrons. The summed E-state index contributed by atoms with van der Waals surface area (Å²) in [6.45, 7) is 10.1. The summed E-state index contributed by atoms with van der Waals surface area (Å²) in [5, 5.41) is 8.79. The Bertz CT molecular complexity index is 359. The second-order valence-electron chi connectivity index (χ2n) is 5.69. The molecular weight excluding hydrogens is 304 g/mol. The molecule has 4 heteroatoms. The van der Waals surface area contributed by atoms with E-state index in [1.807, 2.05) is 13.0 Å². The van der Waals surface area contributed by atoms with E-state index in [-0.39, 0.29) is 5.97 Å². The van der Waals surface area contributed by atoms with Crippen molar-refractivity contribution in [3.63, 3.8) is 0 Å². The lowest BCUT2D eigenvalue weighted by molar-refractivity contribution is -0.138. The molecule has 0 saturated carbocycles. The highest BCUT2D eigenvalue weighted by atomic mass is 16.5. The van der Waals surface area contributed by atoms with Gasteiger partial charge in [0.2, 0.25) is 0 Å². The van der Waals surface area contributed by atoms with Crippen molar-refractivity contribution in [3.8, 4) is 0 Å². The van der Waals surface area contributed by atoms with Gasteiger partial charge >= 0.3 is 11.9 Å². The number of carboxylic acid groups (broad SMARTS) is 1. The summed E-state index contributed by atoms with van der Waals surface area (Å²) in [7, 11) is 0. The van der Waals surface area contributed by atoms with Gasteiger partial charge in [0.25, 0.3) is 0 Å². The lowest BCUT2D eigenvalue weighted by Gasteiger charge is -2.01. The minimum absolute atomic E-state index is 0.318. The second-order valence-corrected chi connectivity index (χ2v) is 5.69. The van der Waals surface area contributed by atoms with Crippen molar-refractivity contribution in [2.45, 2.75) is 85.0 Å². The zero-order valence-electron chi connectivity index (χ0n) is 15.8. The fourth-order valence-electron chi connectivity index (χ4n) is 2.05. The molecule has 0 bridgehead atoms. The van der Waals surface area contributed by atoms with E-state index < -0.39 is 5.97 Å². The minimum Gasteiger partial charge on any atom is -0.478 e. The van der Waals surface area contributed by atoms with Gasteiger partial charge in [-0.2, -0.15) is 0 Å². The molecule has 0 amide bonds. The molecule has 0 rings (SSSR count). The highest BCUT2D eigenvalue weighted by Crippen LogP contribution is 2.11. The molecule has 0 fully saturated rings. The number of unbranched alkanes of at least 4 members (excludes halogenated alkanes) is 6. The molecule has 1 N–H and O–H groups in total. The normalized spacial score (nSPS) is 10.5. The Morgan fingerprint density at radius 3 is 2.00 bits per heavy atom. The van der Waals surface area contributed by atoms with Crippen LogP contribution in [0.1, 0.15) is 85.0 Å². The lowest BCUT2D eigenvalue weighted by atomic mass is 10.1. The predicted molar refractivity (Wildman–Crippen MR) is 100 cm³/mol. The third-order valence-electron chi connectivity index (χ3n) is 3.43. The van der Waals surface area contributed by atoms with Gasteiger partial charge < -0.3 is 9.84 Å². The molecule has 0 aromatic heterocycles. The second kappa shape index (κ2) is 19.5. The van der Waals surface area contributed by atoms with E-state index in [0.29, 0.717) is 12.2 Å². The van der Waals surface area contributed by atoms with Crippen LogP contribution in [0.15, 0.2) is 24.3 Å². The number of carbonyl (C=O) groups is 2. The van der Waals surface area contributed by atoms with Crippen LogP contribution in [0.3, 0.4) is 0 Å². The molecule has 0 aliphatic rings. The van der Waals surface area contributed by atoms with Gasteiger partial charge in [0.1, 0.15) is 0 Å². The van der Waals surface area contributed by atoms with Crippen LogP contribution in [-0.4, -0.2) is 23.7 Å². The number of carbonyl (C=O) groups excluding carboxylic acids is 1. The highest BCUT2D eigenvalue weighted by Gasteiger charge is 2.04. The number of rotatable bonds is 13. The van der Waals surface area contributed by atoms with Crippen LogP contribution < -0.4 is 0 Å². The number of allylic oxidation sites excluding steroid dienone is 1. The van der Waals surface area contributed by atoms with Crippen molar-refractivity contribution < 1.29 is 19.4 Å². The molecule has 0 aliphatic carbocycles. The van der Waals surface area contributed by atoms with Crippen molar-refractivity contribution in [1.29, 1.82) is 0 Å². The first kappa shape index (κ1) is 24.7. The summed E-state index contributed by atoms with van der Waals surface area (Å²) in [6.07, 6.45) is 13.6. The van der Waals surface area contributed by atoms with Crippen LogP contribution in [0.5, 0.6) is 0 Å². The molecule has 24 heavy (non-hydrogen) atoms. The molecule has 0 unspecified atom stereocenters. The molecular formula is C20H36O4. The van der Waals surface area contributed by atoms with Crippen molar-refractivity contribution in [2.24, 2.45) is 0 Å². The Morgan fingerprint density at radius 1 is 0.958 bits per heavy atom. The molecule has 0 heterocycles. The molecule has 0 saturated heterocycles. The Hall–Kier alpha value is -1.58. The van der Waals surface area contributed by atoms with Crippen molar-refractivity contribution >= 4 is 11.9 Å². The van der Waals surface area contributed by atoms with E-state index in [0.717, 1.165) is 38.5 Å². The predicted octanol–water partition coefficient (Wildman–Crippen LogP) is 5.67. The summed E-state index contributed by atoms with van der Waals surface area (Å²) >= 11 is 0. The largest absolute Gasteiger partial charge is 0.478 e. The first-order chi connectivity index (χ1) is 11.5.